The molecule has 0 radical (unpaired) electrons. The van der Waals surface area contributed by atoms with Gasteiger partial charge in [0.05, 0.1) is 11.3 Å². The van der Waals surface area contributed by atoms with Crippen LogP contribution in [0.1, 0.15) is 29.3 Å². The van der Waals surface area contributed by atoms with Crippen molar-refractivity contribution in [3.63, 3.8) is 0 Å². The summed E-state index contributed by atoms with van der Waals surface area (Å²) in [6.07, 6.45) is 5.31. The number of phenolic OH excluding ortho intramolecular Hbond substituents is 1. The highest BCUT2D eigenvalue weighted by molar-refractivity contribution is 6.32. The Morgan fingerprint density at radius 3 is 2.76 bits per heavy atom. The van der Waals surface area contributed by atoms with E-state index in [2.05, 4.69) is 25.3 Å². The van der Waals surface area contributed by atoms with E-state index >= 15 is 0 Å². The molecule has 0 bridgehead atoms. The van der Waals surface area contributed by atoms with Gasteiger partial charge in [-0.3, -0.25) is 4.79 Å². The maximum atomic E-state index is 14.3. The van der Waals surface area contributed by atoms with Crippen LogP contribution in [-0.2, 0) is 16.6 Å². The van der Waals surface area contributed by atoms with Crippen LogP contribution in [-0.4, -0.2) is 35.4 Å². The SMILES string of the molecule is C[C@@]1(c2cc(O)c(Cl)c(F)c2)C(=O)Nc2nc(-c3cn4ccnc4c(Cc4cccc(F)c4)n3)nc(N)c21. The Hall–Kier alpha value is -4.64. The Bertz CT molecular complexity index is 1770. The maximum absolute atomic E-state index is 14.3. The molecule has 0 saturated carbocycles. The molecular formula is C26H18ClF2N7O2. The molecule has 6 rings (SSSR count). The number of amides is 1. The van der Waals surface area contributed by atoms with E-state index in [4.69, 9.17) is 17.3 Å². The van der Waals surface area contributed by atoms with Gasteiger partial charge in [0.15, 0.2) is 11.5 Å². The average Bonchev–Trinajstić information content (AvgIpc) is 3.45. The number of imidazole rings is 1. The van der Waals surface area contributed by atoms with E-state index in [-0.39, 0.29) is 34.4 Å². The first-order chi connectivity index (χ1) is 18.1. The summed E-state index contributed by atoms with van der Waals surface area (Å²) in [6.45, 7) is 1.53. The fraction of sp³-hybridized carbons (Fsp3) is 0.115. The molecule has 0 aliphatic carbocycles. The number of hydrogen-bond donors (Lipinski definition) is 3. The van der Waals surface area contributed by atoms with Crippen molar-refractivity contribution in [1.29, 1.82) is 0 Å². The fourth-order valence-corrected chi connectivity index (χ4v) is 4.83. The molecule has 0 fully saturated rings. The van der Waals surface area contributed by atoms with Crippen LogP contribution in [0.2, 0.25) is 5.02 Å². The van der Waals surface area contributed by atoms with Crippen molar-refractivity contribution in [3.05, 3.63) is 94.0 Å². The first kappa shape index (κ1) is 23.7. The molecule has 4 heterocycles. The summed E-state index contributed by atoms with van der Waals surface area (Å²) in [4.78, 5) is 31.1. The fourth-order valence-electron chi connectivity index (χ4n) is 4.72. The van der Waals surface area contributed by atoms with Gasteiger partial charge < -0.3 is 20.6 Å². The van der Waals surface area contributed by atoms with E-state index < -0.39 is 27.9 Å². The number of benzene rings is 2. The third-order valence-corrected chi connectivity index (χ3v) is 7.02. The number of anilines is 2. The van der Waals surface area contributed by atoms with Crippen LogP contribution >= 0.6 is 11.6 Å². The van der Waals surface area contributed by atoms with Crippen LogP contribution in [0.15, 0.2) is 55.0 Å². The third-order valence-electron chi connectivity index (χ3n) is 6.64. The summed E-state index contributed by atoms with van der Waals surface area (Å²) < 4.78 is 29.9. The van der Waals surface area contributed by atoms with E-state index in [1.807, 2.05) is 0 Å². The van der Waals surface area contributed by atoms with Crippen molar-refractivity contribution in [2.75, 3.05) is 11.1 Å². The number of halogens is 3. The second-order valence-corrected chi connectivity index (χ2v) is 9.44. The zero-order valence-electron chi connectivity index (χ0n) is 19.7. The molecule has 4 N–H and O–H groups in total. The van der Waals surface area contributed by atoms with Gasteiger partial charge in [0.25, 0.3) is 0 Å². The number of rotatable bonds is 4. The topological polar surface area (TPSA) is 131 Å². The van der Waals surface area contributed by atoms with Gasteiger partial charge in [-0.05, 0) is 42.3 Å². The number of aromatic nitrogens is 5. The number of fused-ring (bicyclic) bond motifs is 2. The first-order valence-electron chi connectivity index (χ1n) is 11.4. The lowest BCUT2D eigenvalue weighted by Crippen LogP contribution is -2.33. The molecule has 38 heavy (non-hydrogen) atoms. The molecule has 0 unspecified atom stereocenters. The predicted octanol–water partition coefficient (Wildman–Crippen LogP) is 4.25. The van der Waals surface area contributed by atoms with Crippen LogP contribution in [0.3, 0.4) is 0 Å². The molecule has 1 aliphatic heterocycles. The zero-order valence-corrected chi connectivity index (χ0v) is 20.5. The smallest absolute Gasteiger partial charge is 0.240 e. The van der Waals surface area contributed by atoms with Crippen LogP contribution in [0.4, 0.5) is 20.4 Å². The maximum Gasteiger partial charge on any atom is 0.240 e. The van der Waals surface area contributed by atoms with Gasteiger partial charge in [-0.25, -0.2) is 28.7 Å². The highest BCUT2D eigenvalue weighted by Gasteiger charge is 2.48. The number of hydrogen-bond acceptors (Lipinski definition) is 7. The molecule has 1 amide bonds. The first-order valence-corrected chi connectivity index (χ1v) is 11.8. The molecule has 2 aromatic carbocycles. The van der Waals surface area contributed by atoms with Crippen molar-refractivity contribution >= 4 is 34.8 Å². The summed E-state index contributed by atoms with van der Waals surface area (Å²) >= 11 is 5.76. The van der Waals surface area contributed by atoms with Crippen molar-refractivity contribution < 1.29 is 18.7 Å². The second kappa shape index (κ2) is 8.45. The van der Waals surface area contributed by atoms with Crippen LogP contribution in [0.25, 0.3) is 17.2 Å². The van der Waals surface area contributed by atoms with Gasteiger partial charge in [-0.2, -0.15) is 0 Å². The molecule has 5 aromatic rings. The molecular weight excluding hydrogens is 516 g/mol. The summed E-state index contributed by atoms with van der Waals surface area (Å²) in [5.41, 5.74) is 7.40. The second-order valence-electron chi connectivity index (χ2n) is 9.06. The minimum atomic E-state index is -1.49. The molecule has 0 saturated heterocycles. The normalized spacial score (nSPS) is 16.6. The number of nitrogen functional groups attached to an aromatic ring is 1. The minimum Gasteiger partial charge on any atom is -0.506 e. The lowest BCUT2D eigenvalue weighted by molar-refractivity contribution is -0.119. The molecule has 190 valence electrons. The van der Waals surface area contributed by atoms with Gasteiger partial charge >= 0.3 is 0 Å². The van der Waals surface area contributed by atoms with Crippen LogP contribution in [0, 0.1) is 11.6 Å². The number of aromatic hydroxyl groups is 1. The van der Waals surface area contributed by atoms with Crippen molar-refractivity contribution in [3.8, 4) is 17.3 Å². The number of carbonyl (C=O) groups is 1. The summed E-state index contributed by atoms with van der Waals surface area (Å²) in [7, 11) is 0. The van der Waals surface area contributed by atoms with Gasteiger partial charge in [0.1, 0.15) is 45.2 Å². The average molecular weight is 534 g/mol. The lowest BCUT2D eigenvalue weighted by atomic mass is 9.77. The largest absolute Gasteiger partial charge is 0.506 e. The van der Waals surface area contributed by atoms with E-state index in [9.17, 15) is 18.7 Å². The number of carbonyl (C=O) groups excluding carboxylic acids is 1. The monoisotopic (exact) mass is 533 g/mol. The highest BCUT2D eigenvalue weighted by Crippen LogP contribution is 2.46. The summed E-state index contributed by atoms with van der Waals surface area (Å²) in [5, 5.41) is 12.3. The van der Waals surface area contributed by atoms with Crippen molar-refractivity contribution in [1.82, 2.24) is 24.3 Å². The standard InChI is InChI=1S/C26H18ClF2N7O2/c1-26(13-9-15(29)20(27)18(37)10-13)19-21(30)33-22(34-23(19)35-25(26)38)17-11-36-6-5-31-24(36)16(32-17)8-12-3-2-4-14(28)7-12/h2-7,9-11,37H,8H2,1H3,(H3,30,33,34,35,38)/t26-/m0/s1. The van der Waals surface area contributed by atoms with Crippen LogP contribution < -0.4 is 11.1 Å². The van der Waals surface area contributed by atoms with Gasteiger partial charge in [0.2, 0.25) is 5.91 Å². The zero-order chi connectivity index (χ0) is 26.8. The van der Waals surface area contributed by atoms with Crippen molar-refractivity contribution in [2.45, 2.75) is 18.8 Å². The highest BCUT2D eigenvalue weighted by atomic mass is 35.5. The van der Waals surface area contributed by atoms with E-state index in [1.165, 1.54) is 25.1 Å². The van der Waals surface area contributed by atoms with E-state index in [0.717, 1.165) is 6.07 Å². The van der Waals surface area contributed by atoms with E-state index in [0.29, 0.717) is 29.0 Å². The molecule has 1 aliphatic rings. The van der Waals surface area contributed by atoms with Gasteiger partial charge in [-0.15, -0.1) is 0 Å². The summed E-state index contributed by atoms with van der Waals surface area (Å²) in [6, 6.07) is 8.47. The Kier molecular flexibility index (Phi) is 5.28. The Morgan fingerprint density at radius 2 is 2.00 bits per heavy atom. The predicted molar refractivity (Wildman–Crippen MR) is 136 cm³/mol. The lowest BCUT2D eigenvalue weighted by Gasteiger charge is -2.24. The Morgan fingerprint density at radius 1 is 1.18 bits per heavy atom. The van der Waals surface area contributed by atoms with Gasteiger partial charge in [-0.1, -0.05) is 23.7 Å². The number of nitrogens with zero attached hydrogens (tertiary/aromatic N) is 5. The van der Waals surface area contributed by atoms with E-state index in [1.54, 1.807) is 35.1 Å². The third kappa shape index (κ3) is 3.62. The molecule has 9 nitrogen and oxygen atoms in total. The Labute approximate surface area is 219 Å². The van der Waals surface area contributed by atoms with Crippen molar-refractivity contribution in [2.24, 2.45) is 0 Å². The van der Waals surface area contributed by atoms with Crippen LogP contribution in [0.5, 0.6) is 5.75 Å². The molecule has 0 spiro atoms. The minimum absolute atomic E-state index is 0.0279. The quantitative estimate of drug-likeness (QED) is 0.314. The number of nitrogens with one attached hydrogen (secondary N) is 1. The Balaban J connectivity index is 1.47. The molecule has 1 atom stereocenters. The number of nitrogens with two attached hydrogens (primary N) is 1. The summed E-state index contributed by atoms with van der Waals surface area (Å²) in [5.74, 6) is -2.05. The molecule has 3 aromatic heterocycles. The van der Waals surface area contributed by atoms with Gasteiger partial charge in [0, 0.05) is 25.0 Å². The molecule has 12 heteroatoms. The number of phenols is 1.